The van der Waals surface area contributed by atoms with Gasteiger partial charge in [-0.15, -0.1) is 0 Å². The molecule has 0 unspecified atom stereocenters. The number of nitrogens with zero attached hydrogens (tertiary/aromatic N) is 1. The lowest BCUT2D eigenvalue weighted by Crippen LogP contribution is -2.35. The van der Waals surface area contributed by atoms with E-state index in [1.807, 2.05) is 0 Å². The predicted octanol–water partition coefficient (Wildman–Crippen LogP) is 2.12. The largest absolute Gasteiger partial charge is 0.481 e. The van der Waals surface area contributed by atoms with Gasteiger partial charge in [0.05, 0.1) is 27.7 Å². The monoisotopic (exact) mass is 202 g/mol. The Morgan fingerprint density at radius 2 is 1.50 bits per heavy atom. The molecule has 14 heavy (non-hydrogen) atoms. The topological polar surface area (TPSA) is 37.3 Å². The normalized spacial score (nSPS) is 11.6. The van der Waals surface area contributed by atoms with Crippen LogP contribution in [0, 0.1) is 0 Å². The minimum absolute atomic E-state index is 0.329. The van der Waals surface area contributed by atoms with E-state index < -0.39 is 5.97 Å². The van der Waals surface area contributed by atoms with Gasteiger partial charge in [0.15, 0.2) is 0 Å². The lowest BCUT2D eigenvalue weighted by Gasteiger charge is -2.23. The van der Waals surface area contributed by atoms with Crippen LogP contribution in [-0.4, -0.2) is 43.2 Å². The zero-order valence-electron chi connectivity index (χ0n) is 9.75. The Morgan fingerprint density at radius 1 is 1.00 bits per heavy atom. The summed E-state index contributed by atoms with van der Waals surface area (Å²) in [6.07, 6.45) is 5.87. The summed E-state index contributed by atoms with van der Waals surface area (Å²) in [6.45, 7) is 1.21. The summed E-state index contributed by atoms with van der Waals surface area (Å²) in [5.74, 6) is -0.670. The van der Waals surface area contributed by atoms with Crippen molar-refractivity contribution in [2.45, 2.75) is 38.5 Å². The van der Waals surface area contributed by atoms with E-state index in [0.29, 0.717) is 6.42 Å². The summed E-state index contributed by atoms with van der Waals surface area (Å²) in [6, 6.07) is 0. The van der Waals surface area contributed by atoms with E-state index in [9.17, 15) is 4.79 Å². The average molecular weight is 202 g/mol. The summed E-state index contributed by atoms with van der Waals surface area (Å²) in [5.41, 5.74) is 0. The molecule has 0 spiro atoms. The van der Waals surface area contributed by atoms with Crippen LogP contribution < -0.4 is 0 Å². The van der Waals surface area contributed by atoms with Crippen molar-refractivity contribution in [1.82, 2.24) is 0 Å². The van der Waals surface area contributed by atoms with Gasteiger partial charge in [0.1, 0.15) is 0 Å². The number of unbranched alkanes of at least 4 members (excludes halogenated alkanes) is 4. The fourth-order valence-corrected chi connectivity index (χ4v) is 1.39. The Hall–Kier alpha value is -0.570. The maximum atomic E-state index is 10.2. The highest BCUT2D eigenvalue weighted by atomic mass is 16.4. The van der Waals surface area contributed by atoms with Crippen LogP contribution >= 0.6 is 0 Å². The van der Waals surface area contributed by atoms with E-state index in [2.05, 4.69) is 21.1 Å². The van der Waals surface area contributed by atoms with Crippen LogP contribution in [0.1, 0.15) is 38.5 Å². The number of rotatable bonds is 8. The quantitative estimate of drug-likeness (QED) is 0.483. The molecule has 0 saturated heterocycles. The molecular weight excluding hydrogens is 178 g/mol. The number of carboxylic acid groups (broad SMARTS) is 1. The van der Waals surface area contributed by atoms with Crippen LogP contribution in [0.4, 0.5) is 0 Å². The molecule has 0 fully saturated rings. The highest BCUT2D eigenvalue weighted by Gasteiger charge is 2.05. The molecule has 3 heteroatoms. The van der Waals surface area contributed by atoms with Crippen molar-refractivity contribution in [1.29, 1.82) is 0 Å². The molecule has 0 aliphatic carbocycles. The lowest BCUT2D eigenvalue weighted by atomic mass is 10.1. The molecular formula is C11H24NO2+. The molecule has 0 bridgehead atoms. The summed E-state index contributed by atoms with van der Waals surface area (Å²) in [5, 5.41) is 8.42. The van der Waals surface area contributed by atoms with Crippen molar-refractivity contribution in [3.63, 3.8) is 0 Å². The van der Waals surface area contributed by atoms with E-state index in [1.54, 1.807) is 0 Å². The van der Waals surface area contributed by atoms with Crippen molar-refractivity contribution in [2.24, 2.45) is 0 Å². The SMILES string of the molecule is C[N+](C)(C)CCCCCCCC(=O)O. The van der Waals surface area contributed by atoms with Crippen molar-refractivity contribution < 1.29 is 14.4 Å². The van der Waals surface area contributed by atoms with Crippen molar-refractivity contribution in [3.8, 4) is 0 Å². The van der Waals surface area contributed by atoms with Gasteiger partial charge in [-0.3, -0.25) is 4.79 Å². The van der Waals surface area contributed by atoms with E-state index in [0.717, 1.165) is 17.3 Å². The van der Waals surface area contributed by atoms with E-state index >= 15 is 0 Å². The Kier molecular flexibility index (Phi) is 6.54. The summed E-state index contributed by atoms with van der Waals surface area (Å²) >= 11 is 0. The Morgan fingerprint density at radius 3 is 2.00 bits per heavy atom. The number of quaternary nitrogens is 1. The Bertz CT molecular complexity index is 161. The molecule has 0 aromatic heterocycles. The molecule has 0 aliphatic heterocycles. The van der Waals surface area contributed by atoms with Crippen LogP contribution in [0.3, 0.4) is 0 Å². The molecule has 3 nitrogen and oxygen atoms in total. The minimum Gasteiger partial charge on any atom is -0.481 e. The van der Waals surface area contributed by atoms with Crippen molar-refractivity contribution >= 4 is 5.97 Å². The Balaban J connectivity index is 3.11. The third-order valence-corrected chi connectivity index (χ3v) is 2.22. The molecule has 84 valence electrons. The molecule has 0 aromatic carbocycles. The van der Waals surface area contributed by atoms with E-state index in [4.69, 9.17) is 5.11 Å². The van der Waals surface area contributed by atoms with Crippen LogP contribution in [0.15, 0.2) is 0 Å². The van der Waals surface area contributed by atoms with Crippen LogP contribution in [-0.2, 0) is 4.79 Å². The van der Waals surface area contributed by atoms with Crippen LogP contribution in [0.2, 0.25) is 0 Å². The van der Waals surface area contributed by atoms with Crippen molar-refractivity contribution in [2.75, 3.05) is 27.7 Å². The maximum Gasteiger partial charge on any atom is 0.303 e. The van der Waals surface area contributed by atoms with Gasteiger partial charge < -0.3 is 9.59 Å². The number of carboxylic acids is 1. The molecule has 0 rings (SSSR count). The number of hydrogen-bond donors (Lipinski definition) is 1. The number of aliphatic carboxylic acids is 1. The highest BCUT2D eigenvalue weighted by molar-refractivity contribution is 5.66. The van der Waals surface area contributed by atoms with Gasteiger partial charge in [0.2, 0.25) is 0 Å². The summed E-state index contributed by atoms with van der Waals surface area (Å²) in [7, 11) is 6.60. The number of carbonyl (C=O) groups is 1. The fraction of sp³-hybridized carbons (Fsp3) is 0.909. The molecule has 1 N–H and O–H groups in total. The fourth-order valence-electron chi connectivity index (χ4n) is 1.39. The summed E-state index contributed by atoms with van der Waals surface area (Å²) < 4.78 is 1.02. The molecule has 0 saturated carbocycles. The standard InChI is InChI=1S/C11H23NO2/c1-12(2,3)10-8-6-4-5-7-9-11(13)14/h4-10H2,1-3H3/p+1. The molecule has 0 aromatic rings. The first-order valence-corrected chi connectivity index (χ1v) is 5.44. The maximum absolute atomic E-state index is 10.2. The predicted molar refractivity (Wildman–Crippen MR) is 58.2 cm³/mol. The second-order valence-electron chi connectivity index (χ2n) is 4.93. The van der Waals surface area contributed by atoms with Crippen LogP contribution in [0.25, 0.3) is 0 Å². The van der Waals surface area contributed by atoms with Crippen molar-refractivity contribution in [3.05, 3.63) is 0 Å². The second-order valence-corrected chi connectivity index (χ2v) is 4.93. The average Bonchev–Trinajstić information content (AvgIpc) is 2.00. The van der Waals surface area contributed by atoms with Gasteiger partial charge in [-0.05, 0) is 19.3 Å². The third-order valence-electron chi connectivity index (χ3n) is 2.22. The summed E-state index contributed by atoms with van der Waals surface area (Å²) in [4.78, 5) is 10.2. The zero-order valence-corrected chi connectivity index (χ0v) is 9.75. The third kappa shape index (κ3) is 11.4. The van der Waals surface area contributed by atoms with E-state index in [1.165, 1.54) is 25.8 Å². The van der Waals surface area contributed by atoms with Gasteiger partial charge in [-0.25, -0.2) is 0 Å². The first kappa shape index (κ1) is 13.4. The van der Waals surface area contributed by atoms with Gasteiger partial charge in [-0.2, -0.15) is 0 Å². The zero-order chi connectivity index (χ0) is 11.0. The van der Waals surface area contributed by atoms with Gasteiger partial charge in [0.25, 0.3) is 0 Å². The number of hydrogen-bond acceptors (Lipinski definition) is 1. The molecule has 0 aliphatic rings. The van der Waals surface area contributed by atoms with Crippen LogP contribution in [0.5, 0.6) is 0 Å². The molecule has 0 atom stereocenters. The molecule has 0 radical (unpaired) electrons. The van der Waals surface area contributed by atoms with Gasteiger partial charge in [-0.1, -0.05) is 12.8 Å². The van der Waals surface area contributed by atoms with E-state index in [-0.39, 0.29) is 0 Å². The van der Waals surface area contributed by atoms with Gasteiger partial charge in [0, 0.05) is 6.42 Å². The first-order valence-electron chi connectivity index (χ1n) is 5.44. The minimum atomic E-state index is -0.670. The molecule has 0 heterocycles. The highest BCUT2D eigenvalue weighted by Crippen LogP contribution is 2.06. The smallest absolute Gasteiger partial charge is 0.303 e. The Labute approximate surface area is 87.3 Å². The van der Waals surface area contributed by atoms with Gasteiger partial charge >= 0.3 is 5.97 Å². The molecule has 0 amide bonds. The first-order chi connectivity index (χ1) is 6.42. The second kappa shape index (κ2) is 6.82. The lowest BCUT2D eigenvalue weighted by molar-refractivity contribution is -0.870.